The van der Waals surface area contributed by atoms with Gasteiger partial charge in [-0.25, -0.2) is 0 Å². The van der Waals surface area contributed by atoms with Gasteiger partial charge in [0.1, 0.15) is 11.6 Å². The van der Waals surface area contributed by atoms with E-state index in [4.69, 9.17) is 0 Å². The van der Waals surface area contributed by atoms with Gasteiger partial charge >= 0.3 is 0 Å². The molecule has 0 saturated heterocycles. The number of hydrogen-bond acceptors (Lipinski definition) is 2. The highest BCUT2D eigenvalue weighted by atomic mass is 16.2. The Morgan fingerprint density at radius 2 is 1.06 bits per heavy atom. The highest BCUT2D eigenvalue weighted by Gasteiger charge is 2.38. The molecule has 17 heavy (non-hydrogen) atoms. The van der Waals surface area contributed by atoms with Crippen molar-refractivity contribution in [3.8, 4) is 0 Å². The van der Waals surface area contributed by atoms with Gasteiger partial charge in [0.15, 0.2) is 0 Å². The lowest BCUT2D eigenvalue weighted by molar-refractivity contribution is -0.138. The number of hydrogen-bond donors (Lipinski definition) is 0. The van der Waals surface area contributed by atoms with Crippen molar-refractivity contribution in [2.24, 2.45) is 5.41 Å². The van der Waals surface area contributed by atoms with Crippen molar-refractivity contribution in [2.45, 2.75) is 54.4 Å². The van der Waals surface area contributed by atoms with Crippen molar-refractivity contribution < 1.29 is 9.59 Å². The van der Waals surface area contributed by atoms with Crippen LogP contribution in [0.15, 0.2) is 23.3 Å². The average Bonchev–Trinajstić information content (AvgIpc) is 2.16. The number of ketones is 2. The Hall–Kier alpha value is -1.18. The van der Waals surface area contributed by atoms with Crippen LogP contribution in [0.5, 0.6) is 0 Å². The summed E-state index contributed by atoms with van der Waals surface area (Å²) in [4.78, 5) is 23.7. The summed E-state index contributed by atoms with van der Waals surface area (Å²) in [7, 11) is 0. The first-order valence-electron chi connectivity index (χ1n) is 6.01. The predicted molar refractivity (Wildman–Crippen MR) is 71.9 cm³/mol. The summed E-state index contributed by atoms with van der Waals surface area (Å²) in [5.74, 6) is -0.0833. The van der Waals surface area contributed by atoms with E-state index in [0.29, 0.717) is 12.8 Å². The minimum absolute atomic E-state index is 0.0417. The second-order valence-corrected chi connectivity index (χ2v) is 5.17. The maximum Gasteiger partial charge on any atom is 0.143 e. The molecule has 0 radical (unpaired) electrons. The number of carbonyl (C=O) groups is 2. The molecule has 2 heteroatoms. The topological polar surface area (TPSA) is 34.1 Å². The molecule has 2 nitrogen and oxygen atoms in total. The second-order valence-electron chi connectivity index (χ2n) is 5.17. The van der Waals surface area contributed by atoms with Crippen molar-refractivity contribution in [3.63, 3.8) is 0 Å². The summed E-state index contributed by atoms with van der Waals surface area (Å²) >= 11 is 0. The van der Waals surface area contributed by atoms with Crippen LogP contribution in [0.4, 0.5) is 0 Å². The lowest BCUT2D eigenvalue weighted by atomic mass is 9.74. The van der Waals surface area contributed by atoms with Gasteiger partial charge in [-0.3, -0.25) is 9.59 Å². The first-order valence-corrected chi connectivity index (χ1v) is 6.01. The highest BCUT2D eigenvalue weighted by molar-refractivity contribution is 6.05. The molecule has 0 aliphatic heterocycles. The molecule has 0 atom stereocenters. The molecule has 96 valence electrons. The molecule has 0 N–H and O–H groups in total. The third-order valence-electron chi connectivity index (χ3n) is 3.07. The van der Waals surface area contributed by atoms with Crippen molar-refractivity contribution >= 4 is 11.6 Å². The Bertz CT molecular complexity index is 315. The minimum Gasteiger partial charge on any atom is -0.299 e. The number of allylic oxidation sites excluding steroid dienone is 4. The van der Waals surface area contributed by atoms with Crippen molar-refractivity contribution in [1.82, 2.24) is 0 Å². The third-order valence-corrected chi connectivity index (χ3v) is 3.07. The van der Waals surface area contributed by atoms with Crippen molar-refractivity contribution in [3.05, 3.63) is 23.3 Å². The van der Waals surface area contributed by atoms with Gasteiger partial charge in [0, 0.05) is 0 Å². The third kappa shape index (κ3) is 4.68. The Morgan fingerprint density at radius 3 is 1.24 bits per heavy atom. The largest absolute Gasteiger partial charge is 0.299 e. The van der Waals surface area contributed by atoms with Gasteiger partial charge in [-0.1, -0.05) is 23.3 Å². The van der Waals surface area contributed by atoms with E-state index in [1.165, 1.54) is 13.8 Å². The van der Waals surface area contributed by atoms with Crippen LogP contribution < -0.4 is 0 Å². The zero-order valence-corrected chi connectivity index (χ0v) is 11.9. The molecular formula is C15H24O2. The summed E-state index contributed by atoms with van der Waals surface area (Å²) in [6.07, 6.45) is 4.96. The standard InChI is InChI=1S/C15H24O2/c1-11(2)7-9-15(13(5)16,14(6)17)10-8-12(3)4/h7-8H,9-10H2,1-6H3. The van der Waals surface area contributed by atoms with Crippen LogP contribution >= 0.6 is 0 Å². The molecule has 0 heterocycles. The number of Topliss-reactive ketones (excluding diaryl/α,β-unsaturated/α-hetero) is 2. The Labute approximate surface area is 105 Å². The van der Waals surface area contributed by atoms with E-state index in [0.717, 1.165) is 11.1 Å². The summed E-state index contributed by atoms with van der Waals surface area (Å²) < 4.78 is 0. The van der Waals surface area contributed by atoms with Crippen LogP contribution in [0.2, 0.25) is 0 Å². The summed E-state index contributed by atoms with van der Waals surface area (Å²) in [6, 6.07) is 0. The van der Waals surface area contributed by atoms with Gasteiger partial charge < -0.3 is 0 Å². The summed E-state index contributed by atoms with van der Waals surface area (Å²) in [5.41, 5.74) is 1.40. The average molecular weight is 236 g/mol. The normalized spacial score (nSPS) is 10.7. The Kier molecular flexibility index (Phi) is 6.08. The zero-order valence-electron chi connectivity index (χ0n) is 11.9. The summed E-state index contributed by atoms with van der Waals surface area (Å²) in [6.45, 7) is 10.9. The molecule has 0 spiro atoms. The van der Waals surface area contributed by atoms with Gasteiger partial charge in [0.25, 0.3) is 0 Å². The molecule has 0 fully saturated rings. The molecule has 0 aromatic carbocycles. The van der Waals surface area contributed by atoms with Gasteiger partial charge in [-0.2, -0.15) is 0 Å². The molecule has 0 amide bonds. The molecular weight excluding hydrogens is 212 g/mol. The van der Waals surface area contributed by atoms with Crippen LogP contribution in [0.25, 0.3) is 0 Å². The SMILES string of the molecule is CC(=O)C(CC=C(C)C)(CC=C(C)C)C(C)=O. The van der Waals surface area contributed by atoms with Gasteiger partial charge in [-0.05, 0) is 54.4 Å². The first-order chi connectivity index (χ1) is 7.72. The molecule has 0 aromatic rings. The van der Waals surface area contributed by atoms with E-state index in [1.54, 1.807) is 0 Å². The van der Waals surface area contributed by atoms with Gasteiger partial charge in [0.2, 0.25) is 0 Å². The number of rotatable bonds is 6. The van der Waals surface area contributed by atoms with Crippen LogP contribution in [-0.2, 0) is 9.59 Å². The van der Waals surface area contributed by atoms with Crippen molar-refractivity contribution in [2.75, 3.05) is 0 Å². The van der Waals surface area contributed by atoms with Crippen LogP contribution in [-0.4, -0.2) is 11.6 Å². The Morgan fingerprint density at radius 1 is 0.765 bits per heavy atom. The smallest absolute Gasteiger partial charge is 0.143 e. The van der Waals surface area contributed by atoms with E-state index in [9.17, 15) is 9.59 Å². The van der Waals surface area contributed by atoms with E-state index >= 15 is 0 Å². The highest BCUT2D eigenvalue weighted by Crippen LogP contribution is 2.31. The monoisotopic (exact) mass is 236 g/mol. The molecule has 0 rings (SSSR count). The van der Waals surface area contributed by atoms with Crippen LogP contribution in [0, 0.1) is 5.41 Å². The van der Waals surface area contributed by atoms with Crippen LogP contribution in [0.3, 0.4) is 0 Å². The maximum absolute atomic E-state index is 11.9. The molecule has 0 unspecified atom stereocenters. The van der Waals surface area contributed by atoms with Gasteiger partial charge in [0.05, 0.1) is 5.41 Å². The lowest BCUT2D eigenvalue weighted by Crippen LogP contribution is -2.35. The fraction of sp³-hybridized carbons (Fsp3) is 0.600. The fourth-order valence-electron chi connectivity index (χ4n) is 1.66. The van der Waals surface area contributed by atoms with E-state index in [-0.39, 0.29) is 11.6 Å². The van der Waals surface area contributed by atoms with E-state index < -0.39 is 5.41 Å². The van der Waals surface area contributed by atoms with E-state index in [1.807, 2.05) is 39.8 Å². The second kappa shape index (κ2) is 6.53. The molecule has 0 aromatic heterocycles. The van der Waals surface area contributed by atoms with Gasteiger partial charge in [-0.15, -0.1) is 0 Å². The maximum atomic E-state index is 11.9. The lowest BCUT2D eigenvalue weighted by Gasteiger charge is -2.26. The number of carbonyl (C=O) groups excluding carboxylic acids is 2. The molecule has 0 bridgehead atoms. The van der Waals surface area contributed by atoms with E-state index in [2.05, 4.69) is 0 Å². The minimum atomic E-state index is -0.867. The van der Waals surface area contributed by atoms with Crippen molar-refractivity contribution in [1.29, 1.82) is 0 Å². The molecule has 0 aliphatic carbocycles. The predicted octanol–water partition coefficient (Wildman–Crippen LogP) is 3.86. The molecule has 0 aliphatic rings. The molecule has 0 saturated carbocycles. The zero-order chi connectivity index (χ0) is 13.6. The first kappa shape index (κ1) is 15.8. The fourth-order valence-corrected chi connectivity index (χ4v) is 1.66. The summed E-state index contributed by atoms with van der Waals surface area (Å²) in [5, 5.41) is 0. The quantitative estimate of drug-likeness (QED) is 0.518. The Balaban J connectivity index is 5.29. The van der Waals surface area contributed by atoms with Crippen LogP contribution in [0.1, 0.15) is 54.4 Å².